The van der Waals surface area contributed by atoms with Crippen molar-refractivity contribution < 1.29 is 14.6 Å². The monoisotopic (exact) mass is 291 g/mol. The lowest BCUT2D eigenvalue weighted by atomic mass is 10.3. The van der Waals surface area contributed by atoms with Gasteiger partial charge in [-0.1, -0.05) is 12.1 Å². The van der Waals surface area contributed by atoms with Crippen molar-refractivity contribution in [2.24, 2.45) is 0 Å². The van der Waals surface area contributed by atoms with Crippen LogP contribution in [0.4, 0.5) is 0 Å². The summed E-state index contributed by atoms with van der Waals surface area (Å²) in [6.07, 6.45) is 0. The van der Waals surface area contributed by atoms with Gasteiger partial charge in [-0.15, -0.1) is 4.73 Å². The van der Waals surface area contributed by atoms with E-state index >= 15 is 0 Å². The van der Waals surface area contributed by atoms with E-state index in [-0.39, 0.29) is 10.2 Å². The lowest BCUT2D eigenvalue weighted by molar-refractivity contribution is -0.587. The minimum absolute atomic E-state index is 0.281. The summed E-state index contributed by atoms with van der Waals surface area (Å²) in [6.45, 7) is 4.13. The van der Waals surface area contributed by atoms with Gasteiger partial charge in [0.2, 0.25) is 5.52 Å². The number of fused-ring (bicyclic) bond motifs is 1. The SMILES string of the molecule is O=c1c(O)[n+]([O-])c2ccccc2n1CCN1CCOCC1. The van der Waals surface area contributed by atoms with E-state index in [2.05, 4.69) is 4.90 Å². The molecular weight excluding hydrogens is 274 g/mol. The molecule has 3 rings (SSSR count). The van der Waals surface area contributed by atoms with Crippen molar-refractivity contribution in [3.63, 3.8) is 0 Å². The first-order valence-corrected chi connectivity index (χ1v) is 6.92. The van der Waals surface area contributed by atoms with E-state index in [0.29, 0.717) is 31.8 Å². The summed E-state index contributed by atoms with van der Waals surface area (Å²) in [7, 11) is 0. The smallest absolute Gasteiger partial charge is 0.445 e. The van der Waals surface area contributed by atoms with Gasteiger partial charge in [0.1, 0.15) is 5.52 Å². The van der Waals surface area contributed by atoms with Gasteiger partial charge in [0.15, 0.2) is 0 Å². The first-order chi connectivity index (χ1) is 10.2. The molecule has 0 atom stereocenters. The van der Waals surface area contributed by atoms with Gasteiger partial charge in [-0.05, 0) is 6.07 Å². The van der Waals surface area contributed by atoms with Crippen LogP contribution in [-0.2, 0) is 11.3 Å². The van der Waals surface area contributed by atoms with E-state index in [4.69, 9.17) is 4.74 Å². The van der Waals surface area contributed by atoms with Gasteiger partial charge in [0.25, 0.3) is 0 Å². The average Bonchev–Trinajstić information content (AvgIpc) is 2.54. The van der Waals surface area contributed by atoms with Gasteiger partial charge in [-0.3, -0.25) is 14.3 Å². The fourth-order valence-electron chi connectivity index (χ4n) is 2.58. The van der Waals surface area contributed by atoms with Crippen LogP contribution in [-0.4, -0.2) is 47.4 Å². The molecule has 0 bridgehead atoms. The van der Waals surface area contributed by atoms with Crippen LogP contribution < -0.4 is 10.3 Å². The molecule has 2 heterocycles. The highest BCUT2D eigenvalue weighted by molar-refractivity contribution is 5.71. The molecular formula is C14H17N3O4. The number of hydrogen-bond acceptors (Lipinski definition) is 5. The van der Waals surface area contributed by atoms with Crippen molar-refractivity contribution in [2.45, 2.75) is 6.54 Å². The molecule has 1 aliphatic rings. The Morgan fingerprint density at radius 1 is 1.24 bits per heavy atom. The quantitative estimate of drug-likeness (QED) is 0.619. The third-order valence-corrected chi connectivity index (χ3v) is 3.76. The van der Waals surface area contributed by atoms with Crippen LogP contribution in [0.2, 0.25) is 0 Å². The molecule has 1 saturated heterocycles. The molecule has 0 unspecified atom stereocenters. The third kappa shape index (κ3) is 2.57. The molecule has 0 amide bonds. The molecule has 1 aromatic heterocycles. The zero-order valence-electron chi connectivity index (χ0n) is 11.6. The van der Waals surface area contributed by atoms with Crippen molar-refractivity contribution in [3.05, 3.63) is 39.8 Å². The van der Waals surface area contributed by atoms with E-state index in [1.165, 1.54) is 4.57 Å². The highest BCUT2D eigenvalue weighted by Crippen LogP contribution is 2.10. The number of ether oxygens (including phenoxy) is 1. The summed E-state index contributed by atoms with van der Waals surface area (Å²) < 4.78 is 7.02. The topological polar surface area (TPSA) is 81.6 Å². The largest absolute Gasteiger partial charge is 0.615 e. The highest BCUT2D eigenvalue weighted by atomic mass is 16.5. The number of aromatic nitrogens is 2. The maximum absolute atomic E-state index is 12.1. The Bertz CT molecular complexity index is 707. The van der Waals surface area contributed by atoms with Crippen LogP contribution in [0.15, 0.2) is 29.1 Å². The molecule has 2 aromatic rings. The average molecular weight is 291 g/mol. The summed E-state index contributed by atoms with van der Waals surface area (Å²) in [6, 6.07) is 6.77. The molecule has 1 aromatic carbocycles. The highest BCUT2D eigenvalue weighted by Gasteiger charge is 2.20. The van der Waals surface area contributed by atoms with Crippen LogP contribution in [0, 0.1) is 5.21 Å². The van der Waals surface area contributed by atoms with Crippen LogP contribution in [0.5, 0.6) is 5.88 Å². The van der Waals surface area contributed by atoms with Crippen LogP contribution in [0.3, 0.4) is 0 Å². The summed E-state index contributed by atoms with van der Waals surface area (Å²) in [5, 5.41) is 21.5. The van der Waals surface area contributed by atoms with E-state index in [0.717, 1.165) is 13.1 Å². The van der Waals surface area contributed by atoms with Gasteiger partial charge in [-0.25, -0.2) is 0 Å². The fraction of sp³-hybridized carbons (Fsp3) is 0.429. The molecule has 0 saturated carbocycles. The zero-order valence-corrected chi connectivity index (χ0v) is 11.6. The zero-order chi connectivity index (χ0) is 14.8. The van der Waals surface area contributed by atoms with Gasteiger partial charge >= 0.3 is 11.4 Å². The van der Waals surface area contributed by atoms with Crippen molar-refractivity contribution in [3.8, 4) is 5.88 Å². The molecule has 1 fully saturated rings. The number of morpholine rings is 1. The Morgan fingerprint density at radius 3 is 2.71 bits per heavy atom. The van der Waals surface area contributed by atoms with Gasteiger partial charge in [-0.2, -0.15) is 0 Å². The minimum atomic E-state index is -0.782. The fourth-order valence-corrected chi connectivity index (χ4v) is 2.58. The number of para-hydroxylation sites is 2. The molecule has 0 radical (unpaired) electrons. The first-order valence-electron chi connectivity index (χ1n) is 6.92. The lowest BCUT2D eigenvalue weighted by Crippen LogP contribution is -2.41. The number of nitrogens with zero attached hydrogens (tertiary/aromatic N) is 3. The Labute approximate surface area is 121 Å². The third-order valence-electron chi connectivity index (χ3n) is 3.76. The van der Waals surface area contributed by atoms with Crippen LogP contribution in [0.25, 0.3) is 11.0 Å². The molecule has 7 nitrogen and oxygen atoms in total. The van der Waals surface area contributed by atoms with Gasteiger partial charge in [0.05, 0.1) is 13.2 Å². The van der Waals surface area contributed by atoms with Crippen molar-refractivity contribution in [1.82, 2.24) is 9.47 Å². The molecule has 1 aliphatic heterocycles. The Hall–Kier alpha value is -2.12. The Balaban J connectivity index is 1.95. The van der Waals surface area contributed by atoms with E-state index in [1.807, 2.05) is 0 Å². The molecule has 0 spiro atoms. The number of rotatable bonds is 3. The summed E-state index contributed by atoms with van der Waals surface area (Å²) >= 11 is 0. The first kappa shape index (κ1) is 13.8. The molecule has 0 aliphatic carbocycles. The lowest BCUT2D eigenvalue weighted by Gasteiger charge is -2.26. The molecule has 21 heavy (non-hydrogen) atoms. The Kier molecular flexibility index (Phi) is 3.76. The molecule has 1 N–H and O–H groups in total. The van der Waals surface area contributed by atoms with Crippen molar-refractivity contribution in [2.75, 3.05) is 32.8 Å². The van der Waals surface area contributed by atoms with E-state index in [1.54, 1.807) is 24.3 Å². The summed E-state index contributed by atoms with van der Waals surface area (Å²) in [4.78, 5) is 14.3. The van der Waals surface area contributed by atoms with E-state index in [9.17, 15) is 15.1 Å². The Morgan fingerprint density at radius 2 is 1.95 bits per heavy atom. The maximum atomic E-state index is 12.1. The van der Waals surface area contributed by atoms with E-state index < -0.39 is 11.4 Å². The standard InChI is InChI=1S/C14H17N3O4/c18-13-14(19)17(20)12-4-2-1-3-11(12)16(13)6-5-15-7-9-21-10-8-15/h1-4,19H,5-10H2. The van der Waals surface area contributed by atoms with Gasteiger partial charge in [0, 0.05) is 32.2 Å². The second-order valence-corrected chi connectivity index (χ2v) is 5.02. The van der Waals surface area contributed by atoms with Crippen LogP contribution in [0.1, 0.15) is 0 Å². The predicted molar refractivity (Wildman–Crippen MR) is 76.1 cm³/mol. The number of aromatic hydroxyl groups is 1. The van der Waals surface area contributed by atoms with Crippen LogP contribution >= 0.6 is 0 Å². The normalized spacial score (nSPS) is 16.4. The molecule has 112 valence electrons. The predicted octanol–water partition coefficient (Wildman–Crippen LogP) is -0.327. The maximum Gasteiger partial charge on any atom is 0.445 e. The summed E-state index contributed by atoms with van der Waals surface area (Å²) in [5.41, 5.74) is 0.164. The van der Waals surface area contributed by atoms with Crippen molar-refractivity contribution in [1.29, 1.82) is 0 Å². The second-order valence-electron chi connectivity index (χ2n) is 5.02. The number of hydrogen-bond donors (Lipinski definition) is 1. The second kappa shape index (κ2) is 5.71. The molecule has 7 heteroatoms. The van der Waals surface area contributed by atoms with Gasteiger partial charge < -0.3 is 15.1 Å². The minimum Gasteiger partial charge on any atom is -0.615 e. The number of benzene rings is 1. The van der Waals surface area contributed by atoms with Crippen molar-refractivity contribution >= 4 is 11.0 Å². The summed E-state index contributed by atoms with van der Waals surface area (Å²) in [5.74, 6) is -0.782.